The van der Waals surface area contributed by atoms with Crippen LogP contribution in [0.25, 0.3) is 0 Å². The SMILES string of the molecule is N#C/C(=C/Nc1cccc(Br)c1)C(=O)NCCCCl. The van der Waals surface area contributed by atoms with Crippen molar-refractivity contribution in [1.82, 2.24) is 5.32 Å². The Kier molecular flexibility index (Phi) is 7.01. The van der Waals surface area contributed by atoms with Gasteiger partial charge in [0.2, 0.25) is 0 Å². The molecule has 19 heavy (non-hydrogen) atoms. The maximum absolute atomic E-state index is 11.6. The molecule has 0 fully saturated rings. The van der Waals surface area contributed by atoms with Crippen molar-refractivity contribution in [3.63, 3.8) is 0 Å². The van der Waals surface area contributed by atoms with Crippen LogP contribution in [0.15, 0.2) is 40.5 Å². The smallest absolute Gasteiger partial charge is 0.263 e. The van der Waals surface area contributed by atoms with Crippen LogP contribution in [0.2, 0.25) is 0 Å². The second-order valence-corrected chi connectivity index (χ2v) is 4.92. The number of halogens is 2. The van der Waals surface area contributed by atoms with E-state index in [4.69, 9.17) is 16.9 Å². The minimum absolute atomic E-state index is 0.0227. The number of anilines is 1. The molecule has 0 aliphatic heterocycles. The van der Waals surface area contributed by atoms with Gasteiger partial charge in [0.1, 0.15) is 11.6 Å². The van der Waals surface area contributed by atoms with E-state index in [-0.39, 0.29) is 5.57 Å². The van der Waals surface area contributed by atoms with Crippen molar-refractivity contribution in [2.45, 2.75) is 6.42 Å². The third-order valence-corrected chi connectivity index (χ3v) is 2.93. The number of nitriles is 1. The largest absolute Gasteiger partial charge is 0.360 e. The van der Waals surface area contributed by atoms with E-state index in [9.17, 15) is 4.79 Å². The lowest BCUT2D eigenvalue weighted by atomic mass is 10.2. The van der Waals surface area contributed by atoms with Crippen molar-refractivity contribution >= 4 is 39.1 Å². The minimum atomic E-state index is -0.407. The normalized spacial score (nSPS) is 10.7. The number of rotatable bonds is 6. The van der Waals surface area contributed by atoms with Crippen LogP contribution < -0.4 is 10.6 Å². The fourth-order valence-electron chi connectivity index (χ4n) is 1.25. The van der Waals surface area contributed by atoms with Gasteiger partial charge in [-0.05, 0) is 24.6 Å². The third kappa shape index (κ3) is 5.77. The van der Waals surface area contributed by atoms with Gasteiger partial charge >= 0.3 is 0 Å². The van der Waals surface area contributed by atoms with E-state index >= 15 is 0 Å². The summed E-state index contributed by atoms with van der Waals surface area (Å²) in [5, 5.41) is 14.5. The topological polar surface area (TPSA) is 64.9 Å². The molecule has 0 saturated heterocycles. The first-order valence-corrected chi connectivity index (χ1v) is 6.96. The summed E-state index contributed by atoms with van der Waals surface area (Å²) in [4.78, 5) is 11.6. The highest BCUT2D eigenvalue weighted by Gasteiger charge is 2.07. The summed E-state index contributed by atoms with van der Waals surface area (Å²) < 4.78 is 0.913. The predicted octanol–water partition coefficient (Wildman–Crippen LogP) is 3.01. The van der Waals surface area contributed by atoms with Gasteiger partial charge in [0.25, 0.3) is 5.91 Å². The minimum Gasteiger partial charge on any atom is -0.360 e. The zero-order valence-corrected chi connectivity index (χ0v) is 12.5. The van der Waals surface area contributed by atoms with E-state index in [1.54, 1.807) is 0 Å². The standard InChI is InChI=1S/C13H13BrClN3O/c14-11-3-1-4-12(7-11)18-9-10(8-16)13(19)17-6-2-5-15/h1,3-4,7,9,18H,2,5-6H2,(H,17,19)/b10-9-. The van der Waals surface area contributed by atoms with Crippen LogP contribution in [-0.4, -0.2) is 18.3 Å². The molecule has 1 rings (SSSR count). The highest BCUT2D eigenvalue weighted by molar-refractivity contribution is 9.10. The van der Waals surface area contributed by atoms with Crippen molar-refractivity contribution < 1.29 is 4.79 Å². The zero-order valence-electron chi connectivity index (χ0n) is 10.1. The number of alkyl halides is 1. The number of carbonyl (C=O) groups excluding carboxylic acids is 1. The third-order valence-electron chi connectivity index (χ3n) is 2.17. The molecule has 0 unspecified atom stereocenters. The van der Waals surface area contributed by atoms with Gasteiger partial charge in [0, 0.05) is 28.8 Å². The van der Waals surface area contributed by atoms with Gasteiger partial charge in [0.05, 0.1) is 0 Å². The molecule has 0 aromatic heterocycles. The summed E-state index contributed by atoms with van der Waals surface area (Å²) >= 11 is 8.85. The number of nitrogens with one attached hydrogen (secondary N) is 2. The molecular formula is C13H13BrClN3O. The zero-order chi connectivity index (χ0) is 14.1. The Labute approximate surface area is 125 Å². The Morgan fingerprint density at radius 3 is 2.95 bits per heavy atom. The van der Waals surface area contributed by atoms with E-state index in [1.165, 1.54) is 6.20 Å². The molecular weight excluding hydrogens is 330 g/mol. The predicted molar refractivity (Wildman–Crippen MR) is 79.8 cm³/mol. The molecule has 100 valence electrons. The molecule has 2 N–H and O–H groups in total. The number of carbonyl (C=O) groups is 1. The van der Waals surface area contributed by atoms with Crippen LogP contribution in [-0.2, 0) is 4.79 Å². The van der Waals surface area contributed by atoms with Crippen LogP contribution >= 0.6 is 27.5 Å². The van der Waals surface area contributed by atoms with Crippen LogP contribution in [0.4, 0.5) is 5.69 Å². The van der Waals surface area contributed by atoms with Crippen LogP contribution in [0.1, 0.15) is 6.42 Å². The molecule has 0 bridgehead atoms. The van der Waals surface area contributed by atoms with Crippen molar-refractivity contribution in [2.24, 2.45) is 0 Å². The molecule has 1 aromatic rings. The number of hydrogen-bond donors (Lipinski definition) is 2. The lowest BCUT2D eigenvalue weighted by Gasteiger charge is -2.04. The first kappa shape index (κ1) is 15.5. The lowest BCUT2D eigenvalue weighted by molar-refractivity contribution is -0.117. The van der Waals surface area contributed by atoms with E-state index in [0.717, 1.165) is 10.2 Å². The molecule has 0 saturated carbocycles. The van der Waals surface area contributed by atoms with E-state index in [2.05, 4.69) is 26.6 Å². The van der Waals surface area contributed by atoms with Crippen molar-refractivity contribution in [3.8, 4) is 6.07 Å². The van der Waals surface area contributed by atoms with E-state index in [0.29, 0.717) is 18.8 Å². The van der Waals surface area contributed by atoms with E-state index < -0.39 is 5.91 Å². The Morgan fingerprint density at radius 2 is 2.32 bits per heavy atom. The van der Waals surface area contributed by atoms with Crippen molar-refractivity contribution in [1.29, 1.82) is 5.26 Å². The Hall–Kier alpha value is -1.51. The molecule has 6 heteroatoms. The molecule has 0 radical (unpaired) electrons. The van der Waals surface area contributed by atoms with Gasteiger partial charge < -0.3 is 10.6 Å². The average Bonchev–Trinajstić information content (AvgIpc) is 2.40. The number of amides is 1. The molecule has 0 aliphatic rings. The molecule has 4 nitrogen and oxygen atoms in total. The molecule has 0 spiro atoms. The fraction of sp³-hybridized carbons (Fsp3) is 0.231. The van der Waals surface area contributed by atoms with Gasteiger partial charge in [0.15, 0.2) is 0 Å². The maximum atomic E-state index is 11.6. The van der Waals surface area contributed by atoms with Gasteiger partial charge in [-0.1, -0.05) is 22.0 Å². The second-order valence-electron chi connectivity index (χ2n) is 3.62. The lowest BCUT2D eigenvalue weighted by Crippen LogP contribution is -2.26. The summed E-state index contributed by atoms with van der Waals surface area (Å²) in [7, 11) is 0. The Morgan fingerprint density at radius 1 is 1.53 bits per heavy atom. The molecule has 0 aliphatic carbocycles. The van der Waals surface area contributed by atoms with Crippen molar-refractivity contribution in [2.75, 3.05) is 17.7 Å². The summed E-state index contributed by atoms with van der Waals surface area (Å²) in [6, 6.07) is 9.28. The van der Waals surface area contributed by atoms with Crippen LogP contribution in [0, 0.1) is 11.3 Å². The van der Waals surface area contributed by atoms with Crippen LogP contribution in [0.3, 0.4) is 0 Å². The quantitative estimate of drug-likeness (QED) is 0.361. The summed E-state index contributed by atoms with van der Waals surface area (Å²) in [5.41, 5.74) is 0.810. The number of nitrogens with zero attached hydrogens (tertiary/aromatic N) is 1. The summed E-state index contributed by atoms with van der Waals surface area (Å²) in [5.74, 6) is 0.0671. The first-order valence-electron chi connectivity index (χ1n) is 5.64. The number of hydrogen-bond acceptors (Lipinski definition) is 3. The monoisotopic (exact) mass is 341 g/mol. The second kappa shape index (κ2) is 8.57. The average molecular weight is 343 g/mol. The van der Waals surface area contributed by atoms with Crippen LogP contribution in [0.5, 0.6) is 0 Å². The first-order chi connectivity index (χ1) is 9.17. The Bertz CT molecular complexity index is 511. The van der Waals surface area contributed by atoms with Gasteiger partial charge in [-0.15, -0.1) is 11.6 Å². The number of benzene rings is 1. The summed E-state index contributed by atoms with van der Waals surface area (Å²) in [6.07, 6.45) is 2.06. The Balaban J connectivity index is 2.62. The summed E-state index contributed by atoms with van der Waals surface area (Å²) in [6.45, 7) is 0.457. The molecule has 1 amide bonds. The van der Waals surface area contributed by atoms with Gasteiger partial charge in [-0.2, -0.15) is 5.26 Å². The molecule has 1 aromatic carbocycles. The maximum Gasteiger partial charge on any atom is 0.263 e. The highest BCUT2D eigenvalue weighted by atomic mass is 79.9. The van der Waals surface area contributed by atoms with Gasteiger partial charge in [-0.3, -0.25) is 4.79 Å². The molecule has 0 atom stereocenters. The van der Waals surface area contributed by atoms with E-state index in [1.807, 2.05) is 30.3 Å². The van der Waals surface area contributed by atoms with Crippen molar-refractivity contribution in [3.05, 3.63) is 40.5 Å². The van der Waals surface area contributed by atoms with Gasteiger partial charge in [-0.25, -0.2) is 0 Å². The highest BCUT2D eigenvalue weighted by Crippen LogP contribution is 2.15. The fourth-order valence-corrected chi connectivity index (χ4v) is 1.78. The molecule has 0 heterocycles.